The molecular weight excluding hydrogens is 268 g/mol. The van der Waals surface area contributed by atoms with E-state index in [9.17, 15) is 4.79 Å². The molecule has 2 fully saturated rings. The van der Waals surface area contributed by atoms with Crippen LogP contribution < -0.4 is 10.6 Å². The Balaban J connectivity index is 1.89. The van der Waals surface area contributed by atoms with Gasteiger partial charge in [0.25, 0.3) is 0 Å². The number of amides is 1. The molecule has 1 atom stereocenters. The summed E-state index contributed by atoms with van der Waals surface area (Å²) in [6.07, 6.45) is 1.71. The molecule has 2 rings (SSSR count). The monoisotopic (exact) mass is 298 g/mol. The highest BCUT2D eigenvalue weighted by Gasteiger charge is 2.39. The van der Waals surface area contributed by atoms with Crippen molar-refractivity contribution in [2.45, 2.75) is 18.9 Å². The number of carbonyl (C=O) groups is 1. The number of likely N-dealkylation sites (N-methyl/N-ethyl adjacent to an activating group) is 2. The number of nitrogens with zero attached hydrogens (tertiary/aromatic N) is 2. The first-order chi connectivity index (χ1) is 10.1. The zero-order valence-corrected chi connectivity index (χ0v) is 13.7. The third-order valence-electron chi connectivity index (χ3n) is 4.94. The van der Waals surface area contributed by atoms with Crippen molar-refractivity contribution in [2.24, 2.45) is 5.41 Å². The number of nitrogens with one attached hydrogen (secondary N) is 2. The van der Waals surface area contributed by atoms with Crippen molar-refractivity contribution in [3.05, 3.63) is 0 Å². The summed E-state index contributed by atoms with van der Waals surface area (Å²) in [5.74, 6) is 0.160. The van der Waals surface area contributed by atoms with Crippen molar-refractivity contribution in [2.75, 3.05) is 67.1 Å². The number of methoxy groups -OCH3 is 1. The predicted molar refractivity (Wildman–Crippen MR) is 83.3 cm³/mol. The topological polar surface area (TPSA) is 56.8 Å². The molecule has 0 aromatic heterocycles. The number of hydrogen-bond donors (Lipinski definition) is 2. The van der Waals surface area contributed by atoms with Crippen LogP contribution in [0.25, 0.3) is 0 Å². The standard InChI is InChI=1S/C15H30N4O2/c1-18-8-9-19(2)13(11-18)10-17-14(20)15(12-21-3)4-6-16-7-5-15/h13,16H,4-12H2,1-3H3,(H,17,20). The summed E-state index contributed by atoms with van der Waals surface area (Å²) in [6, 6.07) is 0.397. The molecule has 1 unspecified atom stereocenters. The molecule has 21 heavy (non-hydrogen) atoms. The van der Waals surface area contributed by atoms with Crippen molar-refractivity contribution in [1.82, 2.24) is 20.4 Å². The Bertz CT molecular complexity index is 339. The molecule has 0 spiro atoms. The molecule has 6 heteroatoms. The van der Waals surface area contributed by atoms with Crippen LogP contribution in [0.1, 0.15) is 12.8 Å². The number of ether oxygens (including phenoxy) is 1. The molecule has 0 aromatic carbocycles. The SMILES string of the molecule is COCC1(C(=O)NCC2CN(C)CCN2C)CCNCC1. The average Bonchev–Trinajstić information content (AvgIpc) is 2.49. The van der Waals surface area contributed by atoms with Gasteiger partial charge in [-0.1, -0.05) is 0 Å². The van der Waals surface area contributed by atoms with Crippen LogP contribution in [0.5, 0.6) is 0 Å². The molecule has 0 aliphatic carbocycles. The van der Waals surface area contributed by atoms with Crippen molar-refractivity contribution >= 4 is 5.91 Å². The fourth-order valence-electron chi connectivity index (χ4n) is 3.34. The minimum absolute atomic E-state index is 0.160. The number of rotatable bonds is 5. The van der Waals surface area contributed by atoms with Crippen LogP contribution in [0.15, 0.2) is 0 Å². The van der Waals surface area contributed by atoms with Gasteiger partial charge in [0.1, 0.15) is 0 Å². The molecule has 0 aromatic rings. The van der Waals surface area contributed by atoms with E-state index in [1.807, 2.05) is 0 Å². The maximum absolute atomic E-state index is 12.7. The van der Waals surface area contributed by atoms with Crippen molar-refractivity contribution in [3.8, 4) is 0 Å². The van der Waals surface area contributed by atoms with Gasteiger partial charge in [0, 0.05) is 39.3 Å². The van der Waals surface area contributed by atoms with Crippen LogP contribution in [-0.2, 0) is 9.53 Å². The molecule has 122 valence electrons. The smallest absolute Gasteiger partial charge is 0.228 e. The summed E-state index contributed by atoms with van der Waals surface area (Å²) in [4.78, 5) is 17.4. The van der Waals surface area contributed by atoms with Crippen LogP contribution in [0.2, 0.25) is 0 Å². The van der Waals surface area contributed by atoms with E-state index in [4.69, 9.17) is 4.74 Å². The van der Waals surface area contributed by atoms with Gasteiger partial charge in [-0.15, -0.1) is 0 Å². The van der Waals surface area contributed by atoms with E-state index < -0.39 is 0 Å². The van der Waals surface area contributed by atoms with Gasteiger partial charge >= 0.3 is 0 Å². The molecule has 2 heterocycles. The maximum Gasteiger partial charge on any atom is 0.228 e. The van der Waals surface area contributed by atoms with E-state index in [2.05, 4.69) is 34.5 Å². The summed E-state index contributed by atoms with van der Waals surface area (Å²) < 4.78 is 5.33. The first-order valence-corrected chi connectivity index (χ1v) is 7.94. The second-order valence-electron chi connectivity index (χ2n) is 6.57. The summed E-state index contributed by atoms with van der Waals surface area (Å²) in [5.41, 5.74) is -0.348. The summed E-state index contributed by atoms with van der Waals surface area (Å²) in [7, 11) is 5.96. The molecule has 1 amide bonds. The fourth-order valence-corrected chi connectivity index (χ4v) is 3.34. The third-order valence-corrected chi connectivity index (χ3v) is 4.94. The summed E-state index contributed by atoms with van der Waals surface area (Å²) in [6.45, 7) is 6.19. The lowest BCUT2D eigenvalue weighted by atomic mass is 9.78. The number of carbonyl (C=O) groups excluding carboxylic acids is 1. The fraction of sp³-hybridized carbons (Fsp3) is 0.933. The Hall–Kier alpha value is -0.690. The van der Waals surface area contributed by atoms with E-state index >= 15 is 0 Å². The van der Waals surface area contributed by atoms with Gasteiger partial charge in [-0.25, -0.2) is 0 Å². The van der Waals surface area contributed by atoms with Crippen LogP contribution in [0.4, 0.5) is 0 Å². The van der Waals surface area contributed by atoms with Crippen LogP contribution in [-0.4, -0.2) is 88.8 Å². The van der Waals surface area contributed by atoms with E-state index in [0.29, 0.717) is 12.6 Å². The minimum Gasteiger partial charge on any atom is -0.384 e. The molecule has 2 N–H and O–H groups in total. The Morgan fingerprint density at radius 3 is 2.71 bits per heavy atom. The number of hydrogen-bond acceptors (Lipinski definition) is 5. The molecule has 2 saturated heterocycles. The zero-order chi connectivity index (χ0) is 15.3. The first-order valence-electron chi connectivity index (χ1n) is 7.94. The molecule has 2 aliphatic heterocycles. The molecule has 0 saturated carbocycles. The second-order valence-corrected chi connectivity index (χ2v) is 6.57. The third kappa shape index (κ3) is 4.16. The maximum atomic E-state index is 12.7. The Kier molecular flexibility index (Phi) is 5.98. The largest absolute Gasteiger partial charge is 0.384 e. The van der Waals surface area contributed by atoms with E-state index in [1.165, 1.54) is 0 Å². The Morgan fingerprint density at radius 1 is 1.33 bits per heavy atom. The Morgan fingerprint density at radius 2 is 2.05 bits per heavy atom. The second kappa shape index (κ2) is 7.54. The highest BCUT2D eigenvalue weighted by Crippen LogP contribution is 2.29. The molecule has 6 nitrogen and oxygen atoms in total. The van der Waals surface area contributed by atoms with Gasteiger partial charge in [-0.2, -0.15) is 0 Å². The molecule has 0 radical (unpaired) electrons. The van der Waals surface area contributed by atoms with Gasteiger partial charge < -0.3 is 20.3 Å². The van der Waals surface area contributed by atoms with E-state index in [-0.39, 0.29) is 11.3 Å². The summed E-state index contributed by atoms with van der Waals surface area (Å²) >= 11 is 0. The number of piperidine rings is 1. The van der Waals surface area contributed by atoms with Crippen molar-refractivity contribution in [3.63, 3.8) is 0 Å². The molecule has 0 bridgehead atoms. The minimum atomic E-state index is -0.348. The highest BCUT2D eigenvalue weighted by atomic mass is 16.5. The zero-order valence-electron chi connectivity index (χ0n) is 13.7. The van der Waals surface area contributed by atoms with Gasteiger partial charge in [0.2, 0.25) is 5.91 Å². The van der Waals surface area contributed by atoms with Crippen molar-refractivity contribution < 1.29 is 9.53 Å². The van der Waals surface area contributed by atoms with Gasteiger partial charge in [-0.3, -0.25) is 9.69 Å². The van der Waals surface area contributed by atoms with E-state index in [1.54, 1.807) is 7.11 Å². The lowest BCUT2D eigenvalue weighted by Gasteiger charge is -2.39. The number of piperazine rings is 1. The highest BCUT2D eigenvalue weighted by molar-refractivity contribution is 5.83. The summed E-state index contributed by atoms with van der Waals surface area (Å²) in [5, 5.41) is 6.50. The normalized spacial score (nSPS) is 27.5. The van der Waals surface area contributed by atoms with Crippen LogP contribution in [0.3, 0.4) is 0 Å². The van der Waals surface area contributed by atoms with Gasteiger partial charge in [0.15, 0.2) is 0 Å². The van der Waals surface area contributed by atoms with Gasteiger partial charge in [-0.05, 0) is 40.0 Å². The van der Waals surface area contributed by atoms with E-state index in [0.717, 1.165) is 52.1 Å². The van der Waals surface area contributed by atoms with Crippen molar-refractivity contribution in [1.29, 1.82) is 0 Å². The van der Waals surface area contributed by atoms with Crippen LogP contribution in [0, 0.1) is 5.41 Å². The quantitative estimate of drug-likeness (QED) is 0.707. The molecule has 2 aliphatic rings. The average molecular weight is 298 g/mol. The molecular formula is C15H30N4O2. The lowest BCUT2D eigenvalue weighted by molar-refractivity contribution is -0.136. The van der Waals surface area contributed by atoms with Crippen LogP contribution >= 0.6 is 0 Å². The lowest BCUT2D eigenvalue weighted by Crippen LogP contribution is -2.57. The van der Waals surface area contributed by atoms with Gasteiger partial charge in [0.05, 0.1) is 12.0 Å². The first kappa shape index (κ1) is 16.7. The Labute approximate surface area is 128 Å². The predicted octanol–water partition coefficient (Wildman–Crippen LogP) is -0.635.